The van der Waals surface area contributed by atoms with E-state index in [1.54, 1.807) is 18.2 Å². The van der Waals surface area contributed by atoms with E-state index < -0.39 is 10.0 Å². The molecule has 0 bridgehead atoms. The number of hydrogen-bond donors (Lipinski definition) is 2. The maximum Gasteiger partial charge on any atom is 0.253 e. The lowest BCUT2D eigenvalue weighted by atomic mass is 10.1. The first kappa shape index (κ1) is 19.2. The van der Waals surface area contributed by atoms with Crippen molar-refractivity contribution in [3.05, 3.63) is 59.2 Å². The summed E-state index contributed by atoms with van der Waals surface area (Å²) in [7, 11) is -3.46. The number of nitrogens with zero attached hydrogens (tertiary/aromatic N) is 1. The van der Waals surface area contributed by atoms with Gasteiger partial charge in [-0.3, -0.25) is 9.52 Å². The van der Waals surface area contributed by atoms with Crippen molar-refractivity contribution in [2.45, 2.75) is 26.3 Å². The molecule has 2 N–H and O–H groups in total. The first-order valence-electron chi connectivity index (χ1n) is 8.96. The number of rotatable bonds is 6. The predicted octanol–water partition coefficient (Wildman–Crippen LogP) is 2.55. The van der Waals surface area contributed by atoms with Gasteiger partial charge in [0.25, 0.3) is 5.91 Å². The molecule has 1 heterocycles. The molecule has 0 radical (unpaired) electrons. The maximum absolute atomic E-state index is 12.6. The predicted molar refractivity (Wildman–Crippen MR) is 109 cm³/mol. The van der Waals surface area contributed by atoms with Gasteiger partial charge in [-0.1, -0.05) is 29.8 Å². The Morgan fingerprint density at radius 3 is 2.70 bits per heavy atom. The van der Waals surface area contributed by atoms with Crippen LogP contribution in [-0.2, 0) is 16.4 Å². The average molecular weight is 388 g/mol. The third-order valence-corrected chi connectivity index (χ3v) is 5.29. The quantitative estimate of drug-likeness (QED) is 0.798. The number of para-hydroxylation sites is 1. The molecule has 0 saturated heterocycles. The van der Waals surface area contributed by atoms with E-state index in [9.17, 15) is 13.2 Å². The Morgan fingerprint density at radius 1 is 1.22 bits per heavy atom. The molecule has 1 amide bonds. The van der Waals surface area contributed by atoms with Crippen LogP contribution in [-0.4, -0.2) is 39.7 Å². The molecule has 27 heavy (non-hydrogen) atoms. The molecule has 0 spiro atoms. The number of benzene rings is 2. The molecule has 1 atom stereocenters. The van der Waals surface area contributed by atoms with Crippen LogP contribution in [0.1, 0.15) is 28.4 Å². The van der Waals surface area contributed by atoms with Gasteiger partial charge in [0.05, 0.1) is 17.5 Å². The van der Waals surface area contributed by atoms with Gasteiger partial charge in [0.1, 0.15) is 0 Å². The molecule has 0 fully saturated rings. The van der Waals surface area contributed by atoms with Crippen LogP contribution < -0.4 is 14.9 Å². The highest BCUT2D eigenvalue weighted by Crippen LogP contribution is 2.31. The molecule has 2 aromatic rings. The number of anilines is 2. The highest BCUT2D eigenvalue weighted by Gasteiger charge is 2.25. The second-order valence-electron chi connectivity index (χ2n) is 7.05. The zero-order chi connectivity index (χ0) is 19.6. The SMILES string of the molecule is Cc1ccc(NS(C)(=O)=O)c(C(=O)NCCN2c3ccccc3CC2C)c1. The summed E-state index contributed by atoms with van der Waals surface area (Å²) in [5.41, 5.74) is 4.06. The van der Waals surface area contributed by atoms with E-state index in [0.717, 1.165) is 18.2 Å². The number of aryl methyl sites for hydroxylation is 1. The molecular formula is C20H25N3O3S. The summed E-state index contributed by atoms with van der Waals surface area (Å²) >= 11 is 0. The van der Waals surface area contributed by atoms with Crippen LogP contribution in [0.5, 0.6) is 0 Å². The fraction of sp³-hybridized carbons (Fsp3) is 0.350. The number of nitrogens with one attached hydrogen (secondary N) is 2. The number of carbonyl (C=O) groups excluding carboxylic acids is 1. The van der Waals surface area contributed by atoms with Gasteiger partial charge in [0.2, 0.25) is 10.0 Å². The lowest BCUT2D eigenvalue weighted by molar-refractivity contribution is 0.0955. The zero-order valence-electron chi connectivity index (χ0n) is 15.8. The third-order valence-electron chi connectivity index (χ3n) is 4.70. The average Bonchev–Trinajstić information content (AvgIpc) is 2.91. The molecule has 1 unspecified atom stereocenters. The van der Waals surface area contributed by atoms with Crippen molar-refractivity contribution in [3.8, 4) is 0 Å². The normalized spacial score (nSPS) is 16.1. The maximum atomic E-state index is 12.6. The Bertz CT molecular complexity index is 957. The van der Waals surface area contributed by atoms with Crippen LogP contribution in [0.15, 0.2) is 42.5 Å². The molecule has 3 rings (SSSR count). The van der Waals surface area contributed by atoms with E-state index in [-0.39, 0.29) is 5.91 Å². The zero-order valence-corrected chi connectivity index (χ0v) is 16.6. The van der Waals surface area contributed by atoms with Crippen LogP contribution in [0.25, 0.3) is 0 Å². The van der Waals surface area contributed by atoms with Crippen LogP contribution in [0.3, 0.4) is 0 Å². The number of amides is 1. The summed E-state index contributed by atoms with van der Waals surface area (Å²) in [6.45, 7) is 5.22. The molecule has 2 aromatic carbocycles. The highest BCUT2D eigenvalue weighted by atomic mass is 32.2. The monoisotopic (exact) mass is 387 g/mol. The largest absolute Gasteiger partial charge is 0.367 e. The van der Waals surface area contributed by atoms with Gasteiger partial charge in [-0.15, -0.1) is 0 Å². The number of carbonyl (C=O) groups is 1. The molecule has 0 saturated carbocycles. The fourth-order valence-electron chi connectivity index (χ4n) is 3.49. The summed E-state index contributed by atoms with van der Waals surface area (Å²) in [5.74, 6) is -0.287. The smallest absolute Gasteiger partial charge is 0.253 e. The van der Waals surface area contributed by atoms with Gasteiger partial charge in [0.15, 0.2) is 0 Å². The Kier molecular flexibility index (Phi) is 5.41. The van der Waals surface area contributed by atoms with E-state index in [1.807, 2.05) is 19.1 Å². The minimum absolute atomic E-state index is 0.287. The van der Waals surface area contributed by atoms with Crippen molar-refractivity contribution < 1.29 is 13.2 Å². The third kappa shape index (κ3) is 4.60. The van der Waals surface area contributed by atoms with Crippen molar-refractivity contribution in [2.24, 2.45) is 0 Å². The van der Waals surface area contributed by atoms with Gasteiger partial charge < -0.3 is 10.2 Å². The van der Waals surface area contributed by atoms with E-state index in [0.29, 0.717) is 30.4 Å². The second kappa shape index (κ2) is 7.60. The number of fused-ring (bicyclic) bond motifs is 1. The van der Waals surface area contributed by atoms with E-state index in [2.05, 4.69) is 34.0 Å². The summed E-state index contributed by atoms with van der Waals surface area (Å²) in [5, 5.41) is 2.92. The standard InChI is InChI=1S/C20H25N3O3S/c1-14-8-9-18(22-27(3,25)26)17(12-14)20(24)21-10-11-23-15(2)13-16-6-4-5-7-19(16)23/h4-9,12,15,22H,10-11,13H2,1-3H3,(H,21,24). The Balaban J connectivity index is 1.67. The highest BCUT2D eigenvalue weighted by molar-refractivity contribution is 7.92. The minimum Gasteiger partial charge on any atom is -0.367 e. The first-order chi connectivity index (χ1) is 12.7. The minimum atomic E-state index is -3.46. The van der Waals surface area contributed by atoms with E-state index in [4.69, 9.17) is 0 Å². The van der Waals surface area contributed by atoms with Crippen LogP contribution in [0.4, 0.5) is 11.4 Å². The molecule has 6 nitrogen and oxygen atoms in total. The Morgan fingerprint density at radius 2 is 1.96 bits per heavy atom. The first-order valence-corrected chi connectivity index (χ1v) is 10.8. The molecular weight excluding hydrogens is 362 g/mol. The molecule has 0 aromatic heterocycles. The number of sulfonamides is 1. The van der Waals surface area contributed by atoms with Crippen molar-refractivity contribution in [3.63, 3.8) is 0 Å². The van der Waals surface area contributed by atoms with Crippen molar-refractivity contribution in [1.82, 2.24) is 5.32 Å². The van der Waals surface area contributed by atoms with Gasteiger partial charge in [-0.05, 0) is 44.0 Å². The second-order valence-corrected chi connectivity index (χ2v) is 8.80. The Labute approximate surface area is 160 Å². The van der Waals surface area contributed by atoms with Crippen molar-refractivity contribution in [1.29, 1.82) is 0 Å². The summed E-state index contributed by atoms with van der Waals surface area (Å²) in [6.07, 6.45) is 2.07. The van der Waals surface area contributed by atoms with Crippen LogP contribution >= 0.6 is 0 Å². The topological polar surface area (TPSA) is 78.5 Å². The lowest BCUT2D eigenvalue weighted by Gasteiger charge is -2.25. The van der Waals surface area contributed by atoms with E-state index in [1.165, 1.54) is 11.3 Å². The van der Waals surface area contributed by atoms with Crippen molar-refractivity contribution in [2.75, 3.05) is 29.0 Å². The summed E-state index contributed by atoms with van der Waals surface area (Å²) in [6, 6.07) is 13.8. The van der Waals surface area contributed by atoms with E-state index >= 15 is 0 Å². The molecule has 0 aliphatic carbocycles. The molecule has 1 aliphatic heterocycles. The fourth-order valence-corrected chi connectivity index (χ4v) is 4.07. The van der Waals surface area contributed by atoms with Gasteiger partial charge in [0, 0.05) is 24.8 Å². The molecule has 144 valence electrons. The number of hydrogen-bond acceptors (Lipinski definition) is 4. The summed E-state index contributed by atoms with van der Waals surface area (Å²) < 4.78 is 25.5. The molecule has 7 heteroatoms. The van der Waals surface area contributed by atoms with Gasteiger partial charge in [-0.2, -0.15) is 0 Å². The molecule has 1 aliphatic rings. The van der Waals surface area contributed by atoms with Crippen LogP contribution in [0.2, 0.25) is 0 Å². The lowest BCUT2D eigenvalue weighted by Crippen LogP contribution is -2.38. The van der Waals surface area contributed by atoms with Gasteiger partial charge >= 0.3 is 0 Å². The Hall–Kier alpha value is -2.54. The van der Waals surface area contributed by atoms with Crippen molar-refractivity contribution >= 4 is 27.3 Å². The van der Waals surface area contributed by atoms with Crippen LogP contribution in [0, 0.1) is 6.92 Å². The summed E-state index contributed by atoms with van der Waals surface area (Å²) in [4.78, 5) is 14.9. The van der Waals surface area contributed by atoms with Gasteiger partial charge in [-0.25, -0.2) is 8.42 Å².